The summed E-state index contributed by atoms with van der Waals surface area (Å²) in [5.74, 6) is 0. The Kier molecular flexibility index (Phi) is 4.16. The first-order valence-electron chi connectivity index (χ1n) is 6.15. The quantitative estimate of drug-likeness (QED) is 0.655. The number of hydrogen-bond donors (Lipinski definition) is 2. The Hall–Kier alpha value is -2.18. The van der Waals surface area contributed by atoms with E-state index in [-0.39, 0.29) is 5.69 Å². The van der Waals surface area contributed by atoms with Crippen LogP contribution in [0, 0.1) is 0 Å². The summed E-state index contributed by atoms with van der Waals surface area (Å²) in [6, 6.07) is 5.66. The molecule has 20 heavy (non-hydrogen) atoms. The first-order chi connectivity index (χ1) is 9.47. The minimum absolute atomic E-state index is 0.264. The maximum absolute atomic E-state index is 12.7. The molecule has 0 saturated heterocycles. The number of benzene rings is 1. The normalized spacial score (nSPS) is 11.6. The third kappa shape index (κ3) is 3.66. The number of nitrogens with two attached hydrogens (primary N) is 1. The Bertz CT molecular complexity index is 549. The maximum Gasteiger partial charge on any atom is 0.418 e. The lowest BCUT2D eigenvalue weighted by atomic mass is 10.1. The summed E-state index contributed by atoms with van der Waals surface area (Å²) in [6.07, 6.45) is -0.155. The summed E-state index contributed by atoms with van der Waals surface area (Å²) < 4.78 is 39.8. The molecule has 2 rings (SSSR count). The molecule has 0 saturated carbocycles. The third-order valence-electron chi connectivity index (χ3n) is 2.81. The lowest BCUT2D eigenvalue weighted by Crippen LogP contribution is -2.11. The van der Waals surface area contributed by atoms with Gasteiger partial charge < -0.3 is 11.1 Å². The first kappa shape index (κ1) is 14.2. The van der Waals surface area contributed by atoms with Crippen molar-refractivity contribution in [1.29, 1.82) is 0 Å². The van der Waals surface area contributed by atoms with E-state index >= 15 is 0 Å². The zero-order valence-electron chi connectivity index (χ0n) is 10.7. The predicted molar refractivity (Wildman–Crippen MR) is 71.2 cm³/mol. The molecule has 0 atom stereocenters. The van der Waals surface area contributed by atoms with Gasteiger partial charge in [-0.05, 0) is 30.7 Å². The van der Waals surface area contributed by atoms with Gasteiger partial charge in [-0.2, -0.15) is 18.3 Å². The molecule has 0 spiro atoms. The van der Waals surface area contributed by atoms with Crippen molar-refractivity contribution in [2.24, 2.45) is 0 Å². The van der Waals surface area contributed by atoms with Gasteiger partial charge in [0.05, 0.1) is 5.56 Å². The first-order valence-corrected chi connectivity index (χ1v) is 6.15. The number of nitrogen functional groups attached to an aromatic ring is 1. The summed E-state index contributed by atoms with van der Waals surface area (Å²) in [5.41, 5.74) is 4.67. The lowest BCUT2D eigenvalue weighted by Gasteiger charge is -2.13. The van der Waals surface area contributed by atoms with Crippen molar-refractivity contribution in [2.45, 2.75) is 19.1 Å². The lowest BCUT2D eigenvalue weighted by molar-refractivity contribution is -0.136. The highest BCUT2D eigenvalue weighted by Crippen LogP contribution is 2.35. The Labute approximate surface area is 114 Å². The van der Waals surface area contributed by atoms with Crippen LogP contribution in [0.4, 0.5) is 24.5 Å². The van der Waals surface area contributed by atoms with Crippen LogP contribution < -0.4 is 11.1 Å². The van der Waals surface area contributed by atoms with Crippen molar-refractivity contribution in [3.63, 3.8) is 0 Å². The van der Waals surface area contributed by atoms with Crippen molar-refractivity contribution in [2.75, 3.05) is 17.6 Å². The van der Waals surface area contributed by atoms with Crippen LogP contribution in [0.5, 0.6) is 0 Å². The molecule has 0 fully saturated rings. The van der Waals surface area contributed by atoms with Crippen molar-refractivity contribution in [1.82, 2.24) is 9.78 Å². The molecule has 0 aliphatic heterocycles. The number of alkyl halides is 3. The second-order valence-corrected chi connectivity index (χ2v) is 4.35. The average molecular weight is 284 g/mol. The van der Waals surface area contributed by atoms with E-state index in [1.54, 1.807) is 16.9 Å². The molecule has 0 aliphatic carbocycles. The van der Waals surface area contributed by atoms with Crippen molar-refractivity contribution in [3.05, 3.63) is 42.2 Å². The second-order valence-electron chi connectivity index (χ2n) is 4.35. The van der Waals surface area contributed by atoms with Crippen LogP contribution >= 0.6 is 0 Å². The molecule has 1 aromatic carbocycles. The van der Waals surface area contributed by atoms with E-state index in [0.717, 1.165) is 12.5 Å². The van der Waals surface area contributed by atoms with Crippen LogP contribution in [0.25, 0.3) is 0 Å². The van der Waals surface area contributed by atoms with Crippen LogP contribution in [0.1, 0.15) is 12.0 Å². The molecule has 0 bridgehead atoms. The molecule has 1 aromatic heterocycles. The van der Waals surface area contributed by atoms with Crippen LogP contribution in [-0.4, -0.2) is 16.3 Å². The zero-order chi connectivity index (χ0) is 14.6. The summed E-state index contributed by atoms with van der Waals surface area (Å²) in [5, 5.41) is 6.99. The average Bonchev–Trinajstić information content (AvgIpc) is 2.88. The second kappa shape index (κ2) is 5.85. The van der Waals surface area contributed by atoms with Crippen molar-refractivity contribution >= 4 is 11.4 Å². The Morgan fingerprint density at radius 1 is 1.30 bits per heavy atom. The molecule has 2 aromatic rings. The number of anilines is 2. The van der Waals surface area contributed by atoms with Crippen LogP contribution in [-0.2, 0) is 12.7 Å². The minimum atomic E-state index is -4.43. The Morgan fingerprint density at radius 2 is 2.10 bits per heavy atom. The fourth-order valence-corrected chi connectivity index (χ4v) is 1.82. The number of nitrogens with zero attached hydrogens (tertiary/aromatic N) is 2. The number of rotatable bonds is 5. The molecule has 4 nitrogen and oxygen atoms in total. The molecule has 0 aliphatic rings. The topological polar surface area (TPSA) is 55.9 Å². The smallest absolute Gasteiger partial charge is 0.398 e. The van der Waals surface area contributed by atoms with E-state index in [2.05, 4.69) is 10.4 Å². The van der Waals surface area contributed by atoms with Crippen LogP contribution in [0.3, 0.4) is 0 Å². The van der Waals surface area contributed by atoms with E-state index in [1.807, 2.05) is 12.3 Å². The molecule has 0 unspecified atom stereocenters. The van der Waals surface area contributed by atoms with Crippen molar-refractivity contribution in [3.8, 4) is 0 Å². The van der Waals surface area contributed by atoms with E-state index < -0.39 is 11.7 Å². The van der Waals surface area contributed by atoms with Crippen LogP contribution in [0.15, 0.2) is 36.7 Å². The Balaban J connectivity index is 1.90. The SMILES string of the molecule is Nc1ccc(NCCCn2cccn2)cc1C(F)(F)F. The van der Waals surface area contributed by atoms with Gasteiger partial charge in [0.2, 0.25) is 0 Å². The monoisotopic (exact) mass is 284 g/mol. The summed E-state index contributed by atoms with van der Waals surface area (Å²) in [7, 11) is 0. The van der Waals surface area contributed by atoms with Gasteiger partial charge in [-0.1, -0.05) is 0 Å². The van der Waals surface area contributed by atoms with E-state index in [9.17, 15) is 13.2 Å². The van der Waals surface area contributed by atoms with E-state index in [4.69, 9.17) is 5.73 Å². The van der Waals surface area contributed by atoms with Crippen molar-refractivity contribution < 1.29 is 13.2 Å². The number of nitrogens with one attached hydrogen (secondary N) is 1. The molecular formula is C13H15F3N4. The van der Waals surface area contributed by atoms with Gasteiger partial charge in [-0.3, -0.25) is 4.68 Å². The van der Waals surface area contributed by atoms with Crippen LogP contribution in [0.2, 0.25) is 0 Å². The predicted octanol–water partition coefficient (Wildman–Crippen LogP) is 2.99. The van der Waals surface area contributed by atoms with Gasteiger partial charge in [0.25, 0.3) is 0 Å². The number of aryl methyl sites for hydroxylation is 1. The highest BCUT2D eigenvalue weighted by atomic mass is 19.4. The zero-order valence-corrected chi connectivity index (χ0v) is 10.7. The minimum Gasteiger partial charge on any atom is -0.398 e. The molecular weight excluding hydrogens is 269 g/mol. The third-order valence-corrected chi connectivity index (χ3v) is 2.81. The van der Waals surface area contributed by atoms with Gasteiger partial charge in [0.1, 0.15) is 0 Å². The van der Waals surface area contributed by atoms with Gasteiger partial charge in [-0.25, -0.2) is 0 Å². The summed E-state index contributed by atoms with van der Waals surface area (Å²) in [6.45, 7) is 1.27. The molecule has 0 amide bonds. The van der Waals surface area contributed by atoms with Gasteiger partial charge in [0, 0.05) is 36.9 Å². The highest BCUT2D eigenvalue weighted by molar-refractivity contribution is 5.58. The molecule has 1 heterocycles. The maximum atomic E-state index is 12.7. The van der Waals surface area contributed by atoms with Gasteiger partial charge in [0.15, 0.2) is 0 Å². The van der Waals surface area contributed by atoms with Gasteiger partial charge >= 0.3 is 6.18 Å². The summed E-state index contributed by atoms with van der Waals surface area (Å²) >= 11 is 0. The summed E-state index contributed by atoms with van der Waals surface area (Å²) in [4.78, 5) is 0. The highest BCUT2D eigenvalue weighted by Gasteiger charge is 2.33. The fraction of sp³-hybridized carbons (Fsp3) is 0.308. The fourth-order valence-electron chi connectivity index (χ4n) is 1.82. The van der Waals surface area contributed by atoms with E-state index in [0.29, 0.717) is 18.8 Å². The molecule has 7 heteroatoms. The number of halogens is 3. The largest absolute Gasteiger partial charge is 0.418 e. The Morgan fingerprint density at radius 3 is 2.75 bits per heavy atom. The molecule has 0 radical (unpaired) electrons. The molecule has 108 valence electrons. The van der Waals surface area contributed by atoms with Gasteiger partial charge in [-0.15, -0.1) is 0 Å². The molecule has 3 N–H and O–H groups in total. The number of aromatic nitrogens is 2. The number of hydrogen-bond acceptors (Lipinski definition) is 3. The van der Waals surface area contributed by atoms with E-state index in [1.165, 1.54) is 6.07 Å². The standard InChI is InChI=1S/C13H15F3N4/c14-13(15,16)11-9-10(3-4-12(11)17)18-5-1-7-20-8-2-6-19-20/h2-4,6,8-9,18H,1,5,7,17H2.